The van der Waals surface area contributed by atoms with Crippen LogP contribution in [0.1, 0.15) is 48.3 Å². The number of carbonyl (C=O) groups excluding carboxylic acids is 2. The number of nitrogens with zero attached hydrogens (tertiary/aromatic N) is 1. The van der Waals surface area contributed by atoms with E-state index in [-0.39, 0.29) is 23.8 Å². The normalized spacial score (nSPS) is 17.7. The summed E-state index contributed by atoms with van der Waals surface area (Å²) in [4.78, 5) is 27.6. The molecule has 1 aromatic heterocycles. The second-order valence-corrected chi connectivity index (χ2v) is 8.61. The summed E-state index contributed by atoms with van der Waals surface area (Å²) in [5, 5.41) is 11.8. The number of hydrogen-bond acceptors (Lipinski definition) is 5. The van der Waals surface area contributed by atoms with Crippen molar-refractivity contribution in [3.63, 3.8) is 0 Å². The number of furan rings is 1. The average Bonchev–Trinajstić information content (AvgIpc) is 3.41. The van der Waals surface area contributed by atoms with Gasteiger partial charge >= 0.3 is 0 Å². The molecular weight excluding hydrogens is 442 g/mol. The molecule has 2 aromatic carbocycles. The number of benzene rings is 2. The van der Waals surface area contributed by atoms with Crippen LogP contribution < -0.4 is 4.74 Å². The Morgan fingerprint density at radius 1 is 1.15 bits per heavy atom. The van der Waals surface area contributed by atoms with E-state index in [4.69, 9.17) is 20.8 Å². The molecule has 33 heavy (non-hydrogen) atoms. The number of aliphatic hydroxyl groups is 1. The van der Waals surface area contributed by atoms with Gasteiger partial charge in [-0.2, -0.15) is 0 Å². The monoisotopic (exact) mass is 465 g/mol. The Morgan fingerprint density at radius 2 is 1.88 bits per heavy atom. The number of rotatable bonds is 6. The van der Waals surface area contributed by atoms with Crippen molar-refractivity contribution in [3.05, 3.63) is 93.9 Å². The maximum Gasteiger partial charge on any atom is 0.296 e. The van der Waals surface area contributed by atoms with Crippen molar-refractivity contribution >= 4 is 29.1 Å². The topological polar surface area (TPSA) is 80.0 Å². The Labute approximate surface area is 197 Å². The summed E-state index contributed by atoms with van der Waals surface area (Å²) >= 11 is 6.06. The number of amides is 1. The van der Waals surface area contributed by atoms with E-state index < -0.39 is 17.7 Å². The number of ketones is 1. The highest BCUT2D eigenvalue weighted by molar-refractivity contribution is 6.46. The standard InChI is InChI=1S/C26H24ClNO5/c1-15(2)20-13-17(8-11-21(20)32-3)24(29)22-23(16-6-9-18(27)10-7-16)28(26(31)25(22)30)14-19-5-4-12-33-19/h4-13,15,23,29H,14H2,1-3H3/b24-22-. The molecule has 1 aliphatic rings. The molecule has 1 unspecified atom stereocenters. The van der Waals surface area contributed by atoms with E-state index in [2.05, 4.69) is 0 Å². The molecule has 1 N–H and O–H groups in total. The molecule has 1 aliphatic heterocycles. The zero-order valence-electron chi connectivity index (χ0n) is 18.5. The molecule has 7 heteroatoms. The van der Waals surface area contributed by atoms with E-state index in [1.807, 2.05) is 13.8 Å². The van der Waals surface area contributed by atoms with Gasteiger partial charge in [0.05, 0.1) is 31.5 Å². The van der Waals surface area contributed by atoms with Crippen molar-refractivity contribution in [1.29, 1.82) is 0 Å². The first-order valence-electron chi connectivity index (χ1n) is 10.6. The first-order valence-corrected chi connectivity index (χ1v) is 10.9. The molecule has 0 aliphatic carbocycles. The van der Waals surface area contributed by atoms with Crippen LogP contribution in [-0.4, -0.2) is 28.8 Å². The average molecular weight is 466 g/mol. The van der Waals surface area contributed by atoms with Crippen molar-refractivity contribution in [1.82, 2.24) is 4.90 Å². The van der Waals surface area contributed by atoms with Crippen LogP contribution in [0.15, 0.2) is 70.9 Å². The minimum Gasteiger partial charge on any atom is -0.507 e. The van der Waals surface area contributed by atoms with Gasteiger partial charge in [-0.25, -0.2) is 0 Å². The molecule has 3 aromatic rings. The van der Waals surface area contributed by atoms with Crippen molar-refractivity contribution in [2.24, 2.45) is 0 Å². The second kappa shape index (κ2) is 9.16. The zero-order valence-corrected chi connectivity index (χ0v) is 19.3. The van der Waals surface area contributed by atoms with E-state index in [0.717, 1.165) is 5.56 Å². The summed E-state index contributed by atoms with van der Waals surface area (Å²) in [5.41, 5.74) is 2.00. The lowest BCUT2D eigenvalue weighted by molar-refractivity contribution is -0.140. The van der Waals surface area contributed by atoms with Crippen LogP contribution in [0.2, 0.25) is 5.02 Å². The third-order valence-corrected chi connectivity index (χ3v) is 6.01. The van der Waals surface area contributed by atoms with Crippen LogP contribution in [0.3, 0.4) is 0 Å². The third kappa shape index (κ3) is 4.26. The maximum absolute atomic E-state index is 13.2. The molecule has 170 valence electrons. The molecule has 6 nitrogen and oxygen atoms in total. The lowest BCUT2D eigenvalue weighted by Gasteiger charge is -2.24. The summed E-state index contributed by atoms with van der Waals surface area (Å²) in [5.74, 6) is -0.344. The Balaban J connectivity index is 1.87. The van der Waals surface area contributed by atoms with Gasteiger partial charge in [-0.3, -0.25) is 9.59 Å². The summed E-state index contributed by atoms with van der Waals surface area (Å²) in [6.45, 7) is 4.11. The lowest BCUT2D eigenvalue weighted by atomic mass is 9.93. The molecule has 2 heterocycles. The summed E-state index contributed by atoms with van der Waals surface area (Å²) in [6.07, 6.45) is 1.51. The van der Waals surface area contributed by atoms with Gasteiger partial charge in [0, 0.05) is 10.6 Å². The van der Waals surface area contributed by atoms with Gasteiger partial charge in [-0.05, 0) is 59.5 Å². The minimum atomic E-state index is -0.794. The van der Waals surface area contributed by atoms with Crippen LogP contribution in [0.5, 0.6) is 5.75 Å². The van der Waals surface area contributed by atoms with E-state index in [0.29, 0.717) is 27.7 Å². The molecule has 1 saturated heterocycles. The smallest absolute Gasteiger partial charge is 0.296 e. The third-order valence-electron chi connectivity index (χ3n) is 5.76. The second-order valence-electron chi connectivity index (χ2n) is 8.17. The quantitative estimate of drug-likeness (QED) is 0.287. The highest BCUT2D eigenvalue weighted by Gasteiger charge is 2.46. The Morgan fingerprint density at radius 3 is 2.48 bits per heavy atom. The van der Waals surface area contributed by atoms with Crippen LogP contribution >= 0.6 is 11.6 Å². The first-order chi connectivity index (χ1) is 15.8. The van der Waals surface area contributed by atoms with Gasteiger partial charge in [0.1, 0.15) is 17.3 Å². The molecule has 0 bridgehead atoms. The van der Waals surface area contributed by atoms with Crippen molar-refractivity contribution in [2.75, 3.05) is 7.11 Å². The fraction of sp³-hybridized carbons (Fsp3) is 0.231. The highest BCUT2D eigenvalue weighted by atomic mass is 35.5. The van der Waals surface area contributed by atoms with Crippen molar-refractivity contribution in [2.45, 2.75) is 32.4 Å². The number of methoxy groups -OCH3 is 1. The van der Waals surface area contributed by atoms with Gasteiger partial charge in [-0.15, -0.1) is 0 Å². The van der Waals surface area contributed by atoms with Crippen molar-refractivity contribution in [3.8, 4) is 5.75 Å². The van der Waals surface area contributed by atoms with Crippen molar-refractivity contribution < 1.29 is 23.8 Å². The fourth-order valence-corrected chi connectivity index (χ4v) is 4.22. The van der Waals surface area contributed by atoms with E-state index >= 15 is 0 Å². The molecule has 0 spiro atoms. The Hall–Kier alpha value is -3.51. The number of halogens is 1. The molecule has 1 fully saturated rings. The minimum absolute atomic E-state index is 0.0220. The summed E-state index contributed by atoms with van der Waals surface area (Å²) < 4.78 is 10.8. The van der Waals surface area contributed by atoms with Gasteiger partial charge in [0.15, 0.2) is 0 Å². The predicted molar refractivity (Wildman–Crippen MR) is 125 cm³/mol. The highest BCUT2D eigenvalue weighted by Crippen LogP contribution is 2.41. The molecule has 1 atom stereocenters. The lowest BCUT2D eigenvalue weighted by Crippen LogP contribution is -2.29. The van der Waals surface area contributed by atoms with Gasteiger partial charge in [0.2, 0.25) is 0 Å². The number of Topliss-reactive ketones (excluding diaryl/α,β-unsaturated/α-hetero) is 1. The largest absolute Gasteiger partial charge is 0.507 e. The Bertz CT molecular complexity index is 1210. The first kappa shape index (κ1) is 22.7. The fourth-order valence-electron chi connectivity index (χ4n) is 4.09. The van der Waals surface area contributed by atoms with E-state index in [9.17, 15) is 14.7 Å². The van der Waals surface area contributed by atoms with Gasteiger partial charge < -0.3 is 19.2 Å². The molecule has 1 amide bonds. The molecule has 0 radical (unpaired) electrons. The number of likely N-dealkylation sites (tertiary alicyclic amines) is 1. The van der Waals surface area contributed by atoms with Gasteiger partial charge in [-0.1, -0.05) is 37.6 Å². The van der Waals surface area contributed by atoms with Gasteiger partial charge in [0.25, 0.3) is 11.7 Å². The number of carbonyl (C=O) groups is 2. The maximum atomic E-state index is 13.2. The van der Waals surface area contributed by atoms with E-state index in [1.165, 1.54) is 11.2 Å². The SMILES string of the molecule is COc1ccc(/C(O)=C2/C(=O)C(=O)N(Cc3ccco3)C2c2ccc(Cl)cc2)cc1C(C)C. The van der Waals surface area contributed by atoms with Crippen LogP contribution in [0.25, 0.3) is 5.76 Å². The van der Waals surface area contributed by atoms with E-state index in [1.54, 1.807) is 61.7 Å². The molecule has 0 saturated carbocycles. The summed E-state index contributed by atoms with van der Waals surface area (Å²) in [7, 11) is 1.58. The number of hydrogen-bond donors (Lipinski definition) is 1. The summed E-state index contributed by atoms with van der Waals surface area (Å²) in [6, 6.07) is 14.7. The number of aliphatic hydroxyl groups excluding tert-OH is 1. The zero-order chi connectivity index (χ0) is 23.7. The van der Waals surface area contributed by atoms with Crippen LogP contribution in [0, 0.1) is 0 Å². The molecule has 4 rings (SSSR count). The van der Waals surface area contributed by atoms with Crippen LogP contribution in [0.4, 0.5) is 0 Å². The number of ether oxygens (including phenoxy) is 1. The molecular formula is C26H24ClNO5. The predicted octanol–water partition coefficient (Wildman–Crippen LogP) is 5.69. The van der Waals surface area contributed by atoms with Crippen LogP contribution in [-0.2, 0) is 16.1 Å². The Kier molecular flexibility index (Phi) is 6.29.